The largest absolute Gasteiger partial charge is 0.469 e. The number of aromatic nitrogens is 1. The molecule has 2 aliphatic heterocycles. The van der Waals surface area contributed by atoms with Crippen LogP contribution in [-0.4, -0.2) is 69.4 Å². The number of halogens is 3. The number of pyridine rings is 1. The first kappa shape index (κ1) is 29.7. The number of ether oxygens (including phenoxy) is 1. The third-order valence-electron chi connectivity index (χ3n) is 8.36. The quantitative estimate of drug-likeness (QED) is 0.337. The third kappa shape index (κ3) is 6.05. The summed E-state index contributed by atoms with van der Waals surface area (Å²) in [6.07, 6.45) is 2.33. The predicted octanol–water partition coefficient (Wildman–Crippen LogP) is 4.44. The molecule has 13 heteroatoms. The van der Waals surface area contributed by atoms with Gasteiger partial charge >= 0.3 is 5.97 Å². The second-order valence-electron chi connectivity index (χ2n) is 10.8. The molecule has 0 unspecified atom stereocenters. The molecule has 0 N–H and O–H groups in total. The molecule has 0 bridgehead atoms. The van der Waals surface area contributed by atoms with Crippen molar-refractivity contribution in [2.45, 2.75) is 49.3 Å². The van der Waals surface area contributed by atoms with E-state index < -0.39 is 21.9 Å². The van der Waals surface area contributed by atoms with E-state index in [-0.39, 0.29) is 78.2 Å². The molecule has 3 aliphatic rings. The Morgan fingerprint density at radius 1 is 1.02 bits per heavy atom. The number of piperazine rings is 1. The maximum Gasteiger partial charge on any atom is 0.308 e. The number of alkyl halides is 2. The molecule has 1 aliphatic carbocycles. The lowest BCUT2D eigenvalue weighted by molar-refractivity contribution is -0.149. The second-order valence-corrected chi connectivity index (χ2v) is 13.1. The summed E-state index contributed by atoms with van der Waals surface area (Å²) in [5, 5.41) is -0.0629. The fraction of sp³-hybridized carbons (Fsp3) is 0.536. The summed E-state index contributed by atoms with van der Waals surface area (Å²) < 4.78 is 63.9. The first-order chi connectivity index (χ1) is 19.5. The van der Waals surface area contributed by atoms with Gasteiger partial charge in [0, 0.05) is 56.3 Å². The van der Waals surface area contributed by atoms with Gasteiger partial charge in [-0.3, -0.25) is 9.59 Å². The first-order valence-corrected chi connectivity index (χ1v) is 15.6. The molecule has 2 aromatic rings. The number of methoxy groups -OCH3 is 1. The Labute approximate surface area is 243 Å². The number of sulfonamides is 1. The molecule has 1 aromatic carbocycles. The second kappa shape index (κ2) is 11.8. The topological polar surface area (TPSA) is 100 Å². The molecule has 9 nitrogen and oxygen atoms in total. The van der Waals surface area contributed by atoms with Crippen molar-refractivity contribution in [1.82, 2.24) is 9.29 Å². The van der Waals surface area contributed by atoms with Crippen molar-refractivity contribution in [3.8, 4) is 0 Å². The van der Waals surface area contributed by atoms with Gasteiger partial charge in [-0.2, -0.15) is 4.31 Å². The van der Waals surface area contributed by atoms with Crippen LogP contribution in [0.2, 0.25) is 5.15 Å². The molecule has 0 atom stereocenters. The maximum atomic E-state index is 15.6. The lowest BCUT2D eigenvalue weighted by Gasteiger charge is -2.36. The lowest BCUT2D eigenvalue weighted by Crippen LogP contribution is -2.49. The molecule has 0 spiro atoms. The number of benzene rings is 1. The van der Waals surface area contributed by atoms with Crippen molar-refractivity contribution >= 4 is 45.0 Å². The number of carbonyl (C=O) groups is 2. The predicted molar refractivity (Wildman–Crippen MR) is 150 cm³/mol. The first-order valence-electron chi connectivity index (χ1n) is 13.8. The molecule has 2 saturated heterocycles. The molecule has 41 heavy (non-hydrogen) atoms. The van der Waals surface area contributed by atoms with Crippen LogP contribution in [0.1, 0.15) is 44.1 Å². The van der Waals surface area contributed by atoms with Crippen LogP contribution in [-0.2, 0) is 30.3 Å². The van der Waals surface area contributed by atoms with E-state index in [1.807, 2.05) is 0 Å². The summed E-state index contributed by atoms with van der Waals surface area (Å²) in [7, 11) is -2.48. The number of nitrogens with zero attached hydrogens (tertiary/aromatic N) is 4. The monoisotopic (exact) mass is 610 g/mol. The Kier molecular flexibility index (Phi) is 8.54. The van der Waals surface area contributed by atoms with Crippen LogP contribution >= 0.6 is 11.6 Å². The van der Waals surface area contributed by atoms with Crippen molar-refractivity contribution in [3.05, 3.63) is 47.1 Å². The van der Waals surface area contributed by atoms with Crippen LogP contribution < -0.4 is 9.80 Å². The molecule has 222 valence electrons. The van der Waals surface area contributed by atoms with E-state index in [4.69, 9.17) is 16.3 Å². The summed E-state index contributed by atoms with van der Waals surface area (Å²) in [4.78, 5) is 31.6. The molecule has 1 aromatic heterocycles. The van der Waals surface area contributed by atoms with Crippen molar-refractivity contribution in [3.63, 3.8) is 0 Å². The minimum absolute atomic E-state index is 0.0261. The minimum atomic E-state index is -3.78. The zero-order chi connectivity index (χ0) is 29.4. The van der Waals surface area contributed by atoms with Crippen molar-refractivity contribution in [2.24, 2.45) is 11.8 Å². The summed E-state index contributed by atoms with van der Waals surface area (Å²) in [5.41, 5.74) is 0.438. The van der Waals surface area contributed by atoms with E-state index >= 15 is 8.78 Å². The van der Waals surface area contributed by atoms with Gasteiger partial charge in [0.15, 0.2) is 0 Å². The van der Waals surface area contributed by atoms with Gasteiger partial charge < -0.3 is 14.5 Å². The van der Waals surface area contributed by atoms with Crippen LogP contribution in [0.5, 0.6) is 0 Å². The highest BCUT2D eigenvalue weighted by molar-refractivity contribution is 7.89. The number of esters is 1. The van der Waals surface area contributed by atoms with Crippen molar-refractivity contribution < 1.29 is 31.5 Å². The third-order valence-corrected chi connectivity index (χ3v) is 10.5. The number of carbonyl (C=O) groups excluding carboxylic acids is 2. The highest BCUT2D eigenvalue weighted by Crippen LogP contribution is 2.46. The minimum Gasteiger partial charge on any atom is -0.469 e. The van der Waals surface area contributed by atoms with E-state index in [2.05, 4.69) is 4.98 Å². The molecular formula is C28H33ClF2N4O5S. The molecule has 3 heterocycles. The van der Waals surface area contributed by atoms with Gasteiger partial charge in [0.1, 0.15) is 11.0 Å². The summed E-state index contributed by atoms with van der Waals surface area (Å²) in [6, 6.07) is 8.82. The zero-order valence-corrected chi connectivity index (χ0v) is 24.3. The Balaban J connectivity index is 1.24. The van der Waals surface area contributed by atoms with Gasteiger partial charge in [0.2, 0.25) is 15.9 Å². The van der Waals surface area contributed by atoms with E-state index in [1.54, 1.807) is 21.9 Å². The highest BCUT2D eigenvalue weighted by Gasteiger charge is 2.44. The number of hydrogen-bond donors (Lipinski definition) is 0. The zero-order valence-electron chi connectivity index (χ0n) is 22.8. The van der Waals surface area contributed by atoms with Gasteiger partial charge in [0.05, 0.1) is 17.9 Å². The van der Waals surface area contributed by atoms with Gasteiger partial charge in [-0.25, -0.2) is 22.2 Å². The van der Waals surface area contributed by atoms with Gasteiger partial charge in [-0.05, 0) is 68.5 Å². The molecule has 3 fully saturated rings. The molecular weight excluding hydrogens is 578 g/mol. The van der Waals surface area contributed by atoms with Crippen molar-refractivity contribution in [2.75, 3.05) is 49.6 Å². The van der Waals surface area contributed by atoms with E-state index in [0.29, 0.717) is 31.5 Å². The highest BCUT2D eigenvalue weighted by atomic mass is 35.5. The molecule has 1 saturated carbocycles. The van der Waals surface area contributed by atoms with Gasteiger partial charge in [-0.15, -0.1) is 0 Å². The van der Waals surface area contributed by atoms with Gasteiger partial charge in [-0.1, -0.05) is 11.6 Å². The smallest absolute Gasteiger partial charge is 0.308 e. The molecule has 0 radical (unpaired) electrons. The summed E-state index contributed by atoms with van der Waals surface area (Å²) >= 11 is 6.18. The number of amides is 1. The SMILES string of the molecule is COC(=O)[C@H]1CC[C@H](C(F)(F)c2cc(Cl)nc(N3CCN(S(=O)(=O)c4ccc(N5CCCC5=O)cc4)CC3)c2)CC1. The van der Waals surface area contributed by atoms with E-state index in [0.717, 1.165) is 6.42 Å². The normalized spacial score (nSPS) is 22.7. The maximum absolute atomic E-state index is 15.6. The molecule has 5 rings (SSSR count). The van der Waals surface area contributed by atoms with Crippen LogP contribution in [0, 0.1) is 11.8 Å². The number of rotatable bonds is 7. The van der Waals surface area contributed by atoms with Crippen LogP contribution in [0.25, 0.3) is 0 Å². The van der Waals surface area contributed by atoms with Gasteiger partial charge in [0.25, 0.3) is 5.92 Å². The summed E-state index contributed by atoms with van der Waals surface area (Å²) in [6.45, 7) is 1.41. The van der Waals surface area contributed by atoms with Crippen LogP contribution in [0.15, 0.2) is 41.3 Å². The lowest BCUT2D eigenvalue weighted by atomic mass is 9.77. The number of anilines is 2. The van der Waals surface area contributed by atoms with Crippen LogP contribution in [0.4, 0.5) is 20.3 Å². The Bertz CT molecular complexity index is 1390. The van der Waals surface area contributed by atoms with E-state index in [1.165, 1.54) is 35.7 Å². The van der Waals surface area contributed by atoms with Crippen molar-refractivity contribution in [1.29, 1.82) is 0 Å². The van der Waals surface area contributed by atoms with Crippen LogP contribution in [0.3, 0.4) is 0 Å². The fourth-order valence-electron chi connectivity index (χ4n) is 5.96. The number of hydrogen-bond acceptors (Lipinski definition) is 7. The Morgan fingerprint density at radius 2 is 1.68 bits per heavy atom. The average Bonchev–Trinajstić information content (AvgIpc) is 3.42. The average molecular weight is 611 g/mol. The fourth-order valence-corrected chi connectivity index (χ4v) is 7.58. The Hall–Kier alpha value is -2.83. The molecule has 1 amide bonds. The summed E-state index contributed by atoms with van der Waals surface area (Å²) in [5.74, 6) is -4.53. The standard InChI is InChI=1S/C28H33ClF2N4O5S/c1-40-27(37)19-4-6-20(7-5-19)28(30,31)21-17-24(29)32-25(18-21)33-13-15-34(16-14-33)41(38,39)23-10-8-22(9-11-23)35-12-2-3-26(35)36/h8-11,17-20H,2-7,12-16H2,1H3/t19-,20-. The Morgan fingerprint density at radius 3 is 2.27 bits per heavy atom. The van der Waals surface area contributed by atoms with E-state index in [9.17, 15) is 18.0 Å².